The van der Waals surface area contributed by atoms with Gasteiger partial charge in [-0.25, -0.2) is 14.8 Å². The van der Waals surface area contributed by atoms with Crippen LogP contribution in [0.4, 0.5) is 11.5 Å². The summed E-state index contributed by atoms with van der Waals surface area (Å²) in [6.07, 6.45) is 13.1. The lowest BCUT2D eigenvalue weighted by atomic mass is 9.84. The van der Waals surface area contributed by atoms with E-state index in [4.69, 9.17) is 4.74 Å². The van der Waals surface area contributed by atoms with Crippen LogP contribution < -0.4 is 5.32 Å². The van der Waals surface area contributed by atoms with E-state index in [1.165, 1.54) is 32.6 Å². The highest BCUT2D eigenvalue weighted by atomic mass is 16.5. The van der Waals surface area contributed by atoms with Gasteiger partial charge in [-0.2, -0.15) is 0 Å². The first kappa shape index (κ1) is 21.7. The molecule has 1 fully saturated rings. The number of carbonyl (C=O) groups excluding carboxylic acids is 2. The fourth-order valence-electron chi connectivity index (χ4n) is 4.33. The molecule has 2 aliphatic rings. The summed E-state index contributed by atoms with van der Waals surface area (Å²) in [7, 11) is 1.31. The number of esters is 1. The highest BCUT2D eigenvalue weighted by Crippen LogP contribution is 2.35. The molecule has 8 heteroatoms. The van der Waals surface area contributed by atoms with Crippen LogP contribution in [0.5, 0.6) is 0 Å². The smallest absolute Gasteiger partial charge is 0.339 e. The molecule has 1 aliphatic carbocycles. The van der Waals surface area contributed by atoms with Crippen LogP contribution >= 0.6 is 0 Å². The van der Waals surface area contributed by atoms with Gasteiger partial charge in [-0.1, -0.05) is 38.7 Å². The zero-order valence-corrected chi connectivity index (χ0v) is 18.2. The highest BCUT2D eigenvalue weighted by Gasteiger charge is 2.32. The second-order valence-corrected chi connectivity index (χ2v) is 8.16. The second kappa shape index (κ2) is 9.72. The fourth-order valence-corrected chi connectivity index (χ4v) is 4.33. The number of aliphatic imine (C=N–C) groups is 1. The number of amides is 1. The number of nitrogens with zero attached hydrogens (tertiary/aromatic N) is 4. The van der Waals surface area contributed by atoms with E-state index in [-0.39, 0.29) is 5.91 Å². The van der Waals surface area contributed by atoms with E-state index in [0.29, 0.717) is 29.4 Å². The molecule has 0 spiro atoms. The number of pyridine rings is 2. The number of hydrogen-bond donors (Lipinski definition) is 1. The van der Waals surface area contributed by atoms with Crippen molar-refractivity contribution in [3.05, 3.63) is 54.5 Å². The Morgan fingerprint density at radius 2 is 2.03 bits per heavy atom. The van der Waals surface area contributed by atoms with Gasteiger partial charge < -0.3 is 15.0 Å². The molecular weight excluding hydrogens is 406 g/mol. The SMILES string of the molecule is C=C1c2cnccc2N=CN1C(CC1CCCCC1)C(=O)Nc1ccc(C(=O)OC)cn1. The molecule has 0 bridgehead atoms. The van der Waals surface area contributed by atoms with E-state index in [2.05, 4.69) is 26.9 Å². The molecular formula is C24H27N5O3. The van der Waals surface area contributed by atoms with E-state index in [1.807, 2.05) is 11.0 Å². The molecule has 166 valence electrons. The van der Waals surface area contributed by atoms with E-state index in [0.717, 1.165) is 24.1 Å². The van der Waals surface area contributed by atoms with Crippen LogP contribution in [0, 0.1) is 5.92 Å². The predicted octanol–water partition coefficient (Wildman–Crippen LogP) is 4.19. The number of hydrogen-bond acceptors (Lipinski definition) is 7. The number of carbonyl (C=O) groups is 2. The highest BCUT2D eigenvalue weighted by molar-refractivity contribution is 5.99. The van der Waals surface area contributed by atoms with Crippen LogP contribution in [0.1, 0.15) is 54.4 Å². The molecule has 8 nitrogen and oxygen atoms in total. The lowest BCUT2D eigenvalue weighted by Crippen LogP contribution is -2.44. The minimum atomic E-state index is -0.482. The van der Waals surface area contributed by atoms with Crippen molar-refractivity contribution < 1.29 is 14.3 Å². The number of methoxy groups -OCH3 is 1. The third-order valence-corrected chi connectivity index (χ3v) is 6.10. The Morgan fingerprint density at radius 1 is 1.22 bits per heavy atom. The normalized spacial score (nSPS) is 16.9. The van der Waals surface area contributed by atoms with Crippen molar-refractivity contribution in [3.8, 4) is 0 Å². The molecule has 2 aromatic rings. The van der Waals surface area contributed by atoms with Crippen molar-refractivity contribution in [3.63, 3.8) is 0 Å². The van der Waals surface area contributed by atoms with Crippen molar-refractivity contribution >= 4 is 35.4 Å². The molecule has 1 unspecified atom stereocenters. The van der Waals surface area contributed by atoms with Crippen LogP contribution in [-0.4, -0.2) is 46.2 Å². The average molecular weight is 434 g/mol. The summed E-state index contributed by atoms with van der Waals surface area (Å²) < 4.78 is 4.70. The molecule has 2 aromatic heterocycles. The zero-order chi connectivity index (χ0) is 22.5. The van der Waals surface area contributed by atoms with Gasteiger partial charge in [-0.05, 0) is 30.5 Å². The van der Waals surface area contributed by atoms with Gasteiger partial charge >= 0.3 is 5.97 Å². The topological polar surface area (TPSA) is 96.8 Å². The molecule has 4 rings (SSSR count). The first-order chi connectivity index (χ1) is 15.6. The van der Waals surface area contributed by atoms with Crippen LogP contribution in [0.3, 0.4) is 0 Å². The molecule has 1 atom stereocenters. The number of fused-ring (bicyclic) bond motifs is 1. The van der Waals surface area contributed by atoms with E-state index in [1.54, 1.807) is 30.9 Å². The monoisotopic (exact) mass is 433 g/mol. The van der Waals surface area contributed by atoms with Crippen LogP contribution in [0.25, 0.3) is 5.70 Å². The van der Waals surface area contributed by atoms with Crippen LogP contribution in [0.2, 0.25) is 0 Å². The maximum Gasteiger partial charge on any atom is 0.339 e. The van der Waals surface area contributed by atoms with Gasteiger partial charge in [-0.3, -0.25) is 9.78 Å². The standard InChI is InChI=1S/C24H27N5O3/c1-16-19-14-25-11-10-20(19)27-15-29(16)21(12-17-6-4-3-5-7-17)23(30)28-22-9-8-18(13-26-22)24(31)32-2/h8-11,13-15,17,21H,1,3-7,12H2,2H3,(H,26,28,30). The maximum absolute atomic E-state index is 13.4. The first-order valence-corrected chi connectivity index (χ1v) is 10.9. The average Bonchev–Trinajstić information content (AvgIpc) is 2.84. The summed E-state index contributed by atoms with van der Waals surface area (Å²) in [6, 6.07) is 4.52. The van der Waals surface area contributed by atoms with Gasteiger partial charge in [0.25, 0.3) is 0 Å². The third kappa shape index (κ3) is 4.69. The predicted molar refractivity (Wildman–Crippen MR) is 122 cm³/mol. The van der Waals surface area contributed by atoms with E-state index in [9.17, 15) is 9.59 Å². The van der Waals surface area contributed by atoms with E-state index < -0.39 is 12.0 Å². The van der Waals surface area contributed by atoms with Crippen molar-refractivity contribution in [1.82, 2.24) is 14.9 Å². The maximum atomic E-state index is 13.4. The number of anilines is 1. The lowest BCUT2D eigenvalue weighted by molar-refractivity contribution is -0.119. The quantitative estimate of drug-likeness (QED) is 0.686. The zero-order valence-electron chi connectivity index (χ0n) is 18.2. The third-order valence-electron chi connectivity index (χ3n) is 6.10. The fraction of sp³-hybridized carbons (Fsp3) is 0.375. The van der Waals surface area contributed by atoms with Crippen molar-refractivity contribution in [1.29, 1.82) is 0 Å². The number of rotatable bonds is 6. The Bertz CT molecular complexity index is 1030. The van der Waals surface area contributed by atoms with Gasteiger partial charge in [0.05, 0.1) is 24.7 Å². The van der Waals surface area contributed by atoms with Crippen molar-refractivity contribution in [2.75, 3.05) is 12.4 Å². The lowest BCUT2D eigenvalue weighted by Gasteiger charge is -2.35. The number of nitrogens with one attached hydrogen (secondary N) is 1. The Kier molecular flexibility index (Phi) is 6.58. The number of ether oxygens (including phenoxy) is 1. The van der Waals surface area contributed by atoms with Gasteiger partial charge in [0.2, 0.25) is 5.91 Å². The Labute approximate surface area is 187 Å². The van der Waals surface area contributed by atoms with Gasteiger partial charge in [0, 0.05) is 29.9 Å². The molecule has 0 saturated heterocycles. The molecule has 1 saturated carbocycles. The summed E-state index contributed by atoms with van der Waals surface area (Å²) in [6.45, 7) is 4.23. The number of aromatic nitrogens is 2. The summed E-state index contributed by atoms with van der Waals surface area (Å²) in [5, 5.41) is 2.90. The van der Waals surface area contributed by atoms with Gasteiger partial charge in [-0.15, -0.1) is 0 Å². The molecule has 3 heterocycles. The first-order valence-electron chi connectivity index (χ1n) is 10.9. The Morgan fingerprint density at radius 3 is 2.75 bits per heavy atom. The van der Waals surface area contributed by atoms with Gasteiger partial charge in [0.1, 0.15) is 11.9 Å². The molecule has 0 aromatic carbocycles. The molecule has 1 N–H and O–H groups in total. The largest absolute Gasteiger partial charge is 0.465 e. The van der Waals surface area contributed by atoms with E-state index >= 15 is 0 Å². The summed E-state index contributed by atoms with van der Waals surface area (Å²) >= 11 is 0. The molecule has 1 amide bonds. The minimum Gasteiger partial charge on any atom is -0.465 e. The Hall–Kier alpha value is -3.55. The van der Waals surface area contributed by atoms with Crippen molar-refractivity contribution in [2.45, 2.75) is 44.6 Å². The van der Waals surface area contributed by atoms with Crippen LogP contribution in [-0.2, 0) is 9.53 Å². The summed E-state index contributed by atoms with van der Waals surface area (Å²) in [4.78, 5) is 39.8. The van der Waals surface area contributed by atoms with Crippen LogP contribution in [0.15, 0.2) is 48.4 Å². The van der Waals surface area contributed by atoms with Crippen molar-refractivity contribution in [2.24, 2.45) is 10.9 Å². The summed E-state index contributed by atoms with van der Waals surface area (Å²) in [5.41, 5.74) is 2.63. The summed E-state index contributed by atoms with van der Waals surface area (Å²) in [5.74, 6) is 0.177. The second-order valence-electron chi connectivity index (χ2n) is 8.16. The Balaban J connectivity index is 1.56. The molecule has 1 aliphatic heterocycles. The molecule has 32 heavy (non-hydrogen) atoms. The van der Waals surface area contributed by atoms with Gasteiger partial charge in [0.15, 0.2) is 0 Å². The minimum absolute atomic E-state index is 0.186. The molecule has 0 radical (unpaired) electrons.